The first-order chi connectivity index (χ1) is 22.9. The lowest BCUT2D eigenvalue weighted by Gasteiger charge is -2.36. The first-order valence-corrected chi connectivity index (χ1v) is 16.7. The van der Waals surface area contributed by atoms with Crippen LogP contribution >= 0.6 is 0 Å². The summed E-state index contributed by atoms with van der Waals surface area (Å²) in [5, 5.41) is 2.76. The van der Waals surface area contributed by atoms with Gasteiger partial charge in [0.1, 0.15) is 17.7 Å². The van der Waals surface area contributed by atoms with Gasteiger partial charge in [-0.3, -0.25) is 4.79 Å². The Labute approximate surface area is 274 Å². The Morgan fingerprint density at radius 1 is 0.854 bits per heavy atom. The second-order valence-corrected chi connectivity index (χ2v) is 13.4. The first kappa shape index (κ1) is 33.3. The van der Waals surface area contributed by atoms with Crippen LogP contribution in [0.15, 0.2) is 83.8 Å². The van der Waals surface area contributed by atoms with Gasteiger partial charge in [0.25, 0.3) is 0 Å². The van der Waals surface area contributed by atoms with Gasteiger partial charge in [0.05, 0.1) is 34.1 Å². The van der Waals surface area contributed by atoms with Crippen molar-refractivity contribution in [3.05, 3.63) is 102 Å². The van der Waals surface area contributed by atoms with Gasteiger partial charge < -0.3 is 15.1 Å². The summed E-state index contributed by atoms with van der Waals surface area (Å²) < 4.78 is 95.2. The van der Waals surface area contributed by atoms with Gasteiger partial charge in [-0.05, 0) is 67.4 Å². The second-order valence-electron chi connectivity index (χ2n) is 11.5. The molecule has 0 bridgehead atoms. The van der Waals surface area contributed by atoms with Crippen molar-refractivity contribution in [1.29, 1.82) is 0 Å². The molecule has 0 radical (unpaired) electrons. The highest BCUT2D eigenvalue weighted by Gasteiger charge is 2.39. The summed E-state index contributed by atoms with van der Waals surface area (Å²) >= 11 is 0. The highest BCUT2D eigenvalue weighted by Crippen LogP contribution is 2.32. The van der Waals surface area contributed by atoms with E-state index in [9.17, 15) is 35.2 Å². The number of halogens is 5. The number of rotatable bonds is 8. The molecule has 3 aromatic carbocycles. The Hall–Kier alpha value is -4.63. The lowest BCUT2D eigenvalue weighted by atomic mass is 10.1. The highest BCUT2D eigenvalue weighted by atomic mass is 32.2. The van der Waals surface area contributed by atoms with E-state index in [0.29, 0.717) is 55.2 Å². The molecule has 0 aliphatic carbocycles. The molecule has 2 saturated heterocycles. The average molecular weight is 687 g/mol. The van der Waals surface area contributed by atoms with Crippen LogP contribution in [0, 0.1) is 11.6 Å². The van der Waals surface area contributed by atoms with Crippen molar-refractivity contribution in [2.75, 3.05) is 42.5 Å². The molecular formula is C33H31F5N6O3S. The number of aromatic nitrogens is 2. The first-order valence-electron chi connectivity index (χ1n) is 15.3. The number of hydrogen-bond acceptors (Lipinski definition) is 7. The summed E-state index contributed by atoms with van der Waals surface area (Å²) in [5.74, 6) is -1.19. The fraction of sp³-hybridized carbons (Fsp3) is 0.303. The maximum atomic E-state index is 14.4. The van der Waals surface area contributed by atoms with E-state index in [0.717, 1.165) is 40.7 Å². The monoisotopic (exact) mass is 686 g/mol. The molecular weight excluding hydrogens is 655 g/mol. The van der Waals surface area contributed by atoms with Gasteiger partial charge in [0, 0.05) is 38.3 Å². The molecule has 2 aliphatic rings. The van der Waals surface area contributed by atoms with Gasteiger partial charge in [0.2, 0.25) is 21.9 Å². The van der Waals surface area contributed by atoms with Crippen LogP contribution in [-0.4, -0.2) is 67.4 Å². The van der Waals surface area contributed by atoms with Gasteiger partial charge in [-0.1, -0.05) is 24.3 Å². The zero-order valence-electron chi connectivity index (χ0n) is 25.5. The minimum Gasteiger partial charge on any atom is -0.366 e. The number of alkyl halides is 3. The molecule has 0 unspecified atom stereocenters. The lowest BCUT2D eigenvalue weighted by Crippen LogP contribution is -2.47. The Morgan fingerprint density at radius 3 is 2.19 bits per heavy atom. The van der Waals surface area contributed by atoms with Crippen molar-refractivity contribution < 1.29 is 35.2 Å². The molecule has 15 heteroatoms. The quantitative estimate of drug-likeness (QED) is 0.254. The van der Waals surface area contributed by atoms with Crippen LogP contribution in [-0.2, 0) is 27.5 Å². The van der Waals surface area contributed by atoms with Crippen molar-refractivity contribution in [2.24, 2.45) is 0 Å². The minimum absolute atomic E-state index is 0.113. The number of benzene rings is 3. The summed E-state index contributed by atoms with van der Waals surface area (Å²) in [6, 6.07) is 15.9. The number of nitrogens with zero attached hydrogens (tertiary/aromatic N) is 5. The van der Waals surface area contributed by atoms with E-state index in [1.807, 2.05) is 9.80 Å². The number of amides is 1. The zero-order chi connectivity index (χ0) is 34.1. The largest absolute Gasteiger partial charge is 0.416 e. The van der Waals surface area contributed by atoms with Crippen molar-refractivity contribution in [3.8, 4) is 11.3 Å². The summed E-state index contributed by atoms with van der Waals surface area (Å²) in [7, 11) is -4.07. The van der Waals surface area contributed by atoms with Crippen LogP contribution in [0.2, 0.25) is 0 Å². The Balaban J connectivity index is 1.22. The van der Waals surface area contributed by atoms with Gasteiger partial charge >= 0.3 is 6.18 Å². The van der Waals surface area contributed by atoms with E-state index in [2.05, 4.69) is 15.3 Å². The zero-order valence-corrected chi connectivity index (χ0v) is 26.3. The fourth-order valence-electron chi connectivity index (χ4n) is 5.88. The van der Waals surface area contributed by atoms with Crippen LogP contribution in [0.5, 0.6) is 0 Å². The fourth-order valence-corrected chi connectivity index (χ4v) is 7.53. The van der Waals surface area contributed by atoms with Crippen LogP contribution in [0.3, 0.4) is 0 Å². The van der Waals surface area contributed by atoms with E-state index >= 15 is 0 Å². The Kier molecular flexibility index (Phi) is 9.34. The average Bonchev–Trinajstić information content (AvgIpc) is 3.59. The molecule has 1 atom stereocenters. The van der Waals surface area contributed by atoms with E-state index in [1.54, 1.807) is 24.3 Å². The van der Waals surface area contributed by atoms with Crippen molar-refractivity contribution >= 4 is 27.6 Å². The van der Waals surface area contributed by atoms with Gasteiger partial charge in [-0.15, -0.1) is 0 Å². The SMILES string of the molecule is O=C(NCc1cc(-c2ccc(C(F)(F)F)cc2)nc(N2CCN(c3ccccc3F)CC2)n1)[C@@H]1CCCN1S(=O)(=O)c1ccc(F)cc1. The number of carbonyl (C=O) groups is 1. The number of piperazine rings is 1. The van der Waals surface area contributed by atoms with Gasteiger partial charge in [-0.2, -0.15) is 17.5 Å². The van der Waals surface area contributed by atoms with Gasteiger partial charge in [-0.25, -0.2) is 27.2 Å². The van der Waals surface area contributed by atoms with E-state index in [4.69, 9.17) is 0 Å². The van der Waals surface area contributed by atoms with Crippen molar-refractivity contribution in [1.82, 2.24) is 19.6 Å². The van der Waals surface area contributed by atoms with E-state index < -0.39 is 39.5 Å². The topological polar surface area (TPSA) is 98.7 Å². The van der Waals surface area contributed by atoms with Crippen LogP contribution in [0.1, 0.15) is 24.1 Å². The molecule has 1 aromatic heterocycles. The molecule has 9 nitrogen and oxygen atoms in total. The maximum absolute atomic E-state index is 14.4. The number of carbonyl (C=O) groups excluding carboxylic acids is 1. The number of hydrogen-bond donors (Lipinski definition) is 1. The molecule has 2 aliphatic heterocycles. The molecule has 252 valence electrons. The van der Waals surface area contributed by atoms with Crippen LogP contribution < -0.4 is 15.1 Å². The standard InChI is InChI=1S/C33H31F5N6O3S/c34-24-11-13-26(14-12-24)48(46,47)44-15-3-6-30(44)31(45)39-21-25-20-28(22-7-9-23(10-8-22)33(36,37)38)41-32(40-25)43-18-16-42(17-19-43)29-5-2-1-4-27(29)35/h1-2,4-5,7-14,20,30H,3,6,15-19,21H2,(H,39,45)/t30-/m0/s1. The molecule has 48 heavy (non-hydrogen) atoms. The normalized spacial score (nSPS) is 17.5. The molecule has 6 rings (SSSR count). The van der Waals surface area contributed by atoms with Gasteiger partial charge in [0.15, 0.2) is 0 Å². The van der Waals surface area contributed by atoms with E-state index in [1.165, 1.54) is 18.2 Å². The summed E-state index contributed by atoms with van der Waals surface area (Å²) in [6.07, 6.45) is -3.78. The molecule has 0 saturated carbocycles. The van der Waals surface area contributed by atoms with Crippen LogP contribution in [0.25, 0.3) is 11.3 Å². The maximum Gasteiger partial charge on any atom is 0.416 e. The Morgan fingerprint density at radius 2 is 1.52 bits per heavy atom. The summed E-state index contributed by atoms with van der Waals surface area (Å²) in [5.41, 5.74) is 0.745. The third-order valence-corrected chi connectivity index (χ3v) is 10.3. The molecule has 0 spiro atoms. The number of nitrogens with one attached hydrogen (secondary N) is 1. The summed E-state index contributed by atoms with van der Waals surface area (Å²) in [4.78, 5) is 26.3. The van der Waals surface area contributed by atoms with Crippen molar-refractivity contribution in [3.63, 3.8) is 0 Å². The van der Waals surface area contributed by atoms with E-state index in [-0.39, 0.29) is 36.2 Å². The molecule has 1 N–H and O–H groups in total. The molecule has 3 heterocycles. The highest BCUT2D eigenvalue weighted by molar-refractivity contribution is 7.89. The molecule has 4 aromatic rings. The number of para-hydroxylation sites is 1. The Bertz CT molecular complexity index is 1880. The second kappa shape index (κ2) is 13.5. The van der Waals surface area contributed by atoms with Crippen molar-refractivity contribution in [2.45, 2.75) is 36.5 Å². The van der Waals surface area contributed by atoms with Crippen LogP contribution in [0.4, 0.5) is 33.6 Å². The summed E-state index contributed by atoms with van der Waals surface area (Å²) in [6.45, 7) is 1.77. The molecule has 1 amide bonds. The predicted octanol–water partition coefficient (Wildman–Crippen LogP) is 5.24. The smallest absolute Gasteiger partial charge is 0.366 e. The molecule has 2 fully saturated rings. The minimum atomic E-state index is -4.51. The number of anilines is 2. The third-order valence-electron chi connectivity index (χ3n) is 8.40. The third kappa shape index (κ3) is 7.11. The predicted molar refractivity (Wildman–Crippen MR) is 168 cm³/mol. The number of sulfonamides is 1. The lowest BCUT2D eigenvalue weighted by molar-refractivity contribution is -0.137.